The lowest BCUT2D eigenvalue weighted by atomic mass is 10.2. The number of rotatable bonds is 3. The van der Waals surface area contributed by atoms with E-state index in [1.165, 1.54) is 0 Å². The van der Waals surface area contributed by atoms with Crippen LogP contribution in [0.5, 0.6) is 0 Å². The zero-order valence-corrected chi connectivity index (χ0v) is 12.0. The second-order valence-corrected chi connectivity index (χ2v) is 7.31. The van der Waals surface area contributed by atoms with E-state index in [1.807, 2.05) is 0 Å². The Bertz CT molecular complexity index is 572. The molecule has 2 aliphatic rings. The van der Waals surface area contributed by atoms with Crippen LogP contribution >= 0.6 is 0 Å². The Morgan fingerprint density at radius 1 is 1.35 bits per heavy atom. The second kappa shape index (κ2) is 5.53. The van der Waals surface area contributed by atoms with Gasteiger partial charge in [-0.2, -0.15) is 4.98 Å². The Morgan fingerprint density at radius 2 is 2.15 bits per heavy atom. The van der Waals surface area contributed by atoms with Gasteiger partial charge >= 0.3 is 0 Å². The van der Waals surface area contributed by atoms with Crippen LogP contribution in [0.1, 0.15) is 6.42 Å². The number of anilines is 2. The Balaban J connectivity index is 1.68. The van der Waals surface area contributed by atoms with Crippen LogP contribution in [0.25, 0.3) is 0 Å². The van der Waals surface area contributed by atoms with E-state index in [-0.39, 0.29) is 17.5 Å². The minimum absolute atomic E-state index is 0.0487. The van der Waals surface area contributed by atoms with Gasteiger partial charge in [-0.15, -0.1) is 0 Å². The van der Waals surface area contributed by atoms with E-state index in [0.717, 1.165) is 13.1 Å². The molecule has 0 saturated carbocycles. The fourth-order valence-corrected chi connectivity index (χ4v) is 4.14. The van der Waals surface area contributed by atoms with Crippen molar-refractivity contribution in [2.24, 2.45) is 0 Å². The summed E-state index contributed by atoms with van der Waals surface area (Å²) in [6.07, 6.45) is 2.34. The van der Waals surface area contributed by atoms with Gasteiger partial charge in [0.2, 0.25) is 5.95 Å². The number of ether oxygens (including phenoxy) is 1. The third kappa shape index (κ3) is 3.18. The van der Waals surface area contributed by atoms with Crippen LogP contribution in [-0.4, -0.2) is 62.2 Å². The summed E-state index contributed by atoms with van der Waals surface area (Å²) in [5.41, 5.74) is 0. The van der Waals surface area contributed by atoms with Crippen molar-refractivity contribution in [3.8, 4) is 0 Å². The first kappa shape index (κ1) is 13.6. The van der Waals surface area contributed by atoms with Crippen LogP contribution in [0, 0.1) is 0 Å². The van der Waals surface area contributed by atoms with Gasteiger partial charge in [-0.25, -0.2) is 13.4 Å². The number of sulfone groups is 1. The van der Waals surface area contributed by atoms with Crippen LogP contribution < -0.4 is 10.2 Å². The average Bonchev–Trinajstić information content (AvgIpc) is 2.79. The predicted molar refractivity (Wildman–Crippen MR) is 75.7 cm³/mol. The van der Waals surface area contributed by atoms with E-state index in [9.17, 15) is 8.42 Å². The van der Waals surface area contributed by atoms with Crippen molar-refractivity contribution in [3.05, 3.63) is 12.3 Å². The number of hydrogen-bond donors (Lipinski definition) is 1. The highest BCUT2D eigenvalue weighted by Gasteiger charge is 2.28. The van der Waals surface area contributed by atoms with Gasteiger partial charge in [0.05, 0.1) is 24.7 Å². The molecule has 0 aliphatic carbocycles. The molecule has 110 valence electrons. The molecule has 2 fully saturated rings. The second-order valence-electron chi connectivity index (χ2n) is 5.09. The summed E-state index contributed by atoms with van der Waals surface area (Å²) in [6.45, 7) is 2.92. The molecule has 8 heteroatoms. The van der Waals surface area contributed by atoms with Gasteiger partial charge in [-0.3, -0.25) is 0 Å². The molecule has 0 bridgehead atoms. The van der Waals surface area contributed by atoms with Crippen molar-refractivity contribution < 1.29 is 13.2 Å². The van der Waals surface area contributed by atoms with Crippen LogP contribution in [0.2, 0.25) is 0 Å². The molecule has 1 unspecified atom stereocenters. The minimum Gasteiger partial charge on any atom is -0.378 e. The summed E-state index contributed by atoms with van der Waals surface area (Å²) in [6, 6.07) is 1.72. The molecule has 20 heavy (non-hydrogen) atoms. The van der Waals surface area contributed by atoms with Crippen LogP contribution in [0.4, 0.5) is 11.8 Å². The largest absolute Gasteiger partial charge is 0.378 e. The van der Waals surface area contributed by atoms with E-state index in [4.69, 9.17) is 4.74 Å². The maximum absolute atomic E-state index is 11.5. The van der Waals surface area contributed by atoms with Crippen molar-refractivity contribution in [1.29, 1.82) is 0 Å². The van der Waals surface area contributed by atoms with Crippen LogP contribution in [0.15, 0.2) is 12.3 Å². The van der Waals surface area contributed by atoms with E-state index in [1.54, 1.807) is 12.3 Å². The molecule has 0 aromatic carbocycles. The molecule has 0 amide bonds. The minimum atomic E-state index is -2.88. The van der Waals surface area contributed by atoms with E-state index in [2.05, 4.69) is 20.2 Å². The van der Waals surface area contributed by atoms with E-state index in [0.29, 0.717) is 31.4 Å². The Kier molecular flexibility index (Phi) is 3.75. The van der Waals surface area contributed by atoms with Gasteiger partial charge < -0.3 is 15.0 Å². The fourth-order valence-electron chi connectivity index (χ4n) is 2.46. The molecule has 1 aromatic rings. The smallest absolute Gasteiger partial charge is 0.227 e. The van der Waals surface area contributed by atoms with E-state index >= 15 is 0 Å². The van der Waals surface area contributed by atoms with Gasteiger partial charge in [-0.05, 0) is 12.5 Å². The molecule has 1 aromatic heterocycles. The Morgan fingerprint density at radius 3 is 2.85 bits per heavy atom. The van der Waals surface area contributed by atoms with Crippen molar-refractivity contribution in [1.82, 2.24) is 9.97 Å². The molecule has 3 rings (SSSR count). The molecule has 0 radical (unpaired) electrons. The van der Waals surface area contributed by atoms with Gasteiger partial charge in [0, 0.05) is 25.3 Å². The number of nitrogens with one attached hydrogen (secondary N) is 1. The molecule has 1 N–H and O–H groups in total. The summed E-state index contributed by atoms with van der Waals surface area (Å²) in [5, 5.41) is 3.19. The summed E-state index contributed by atoms with van der Waals surface area (Å²) < 4.78 is 28.2. The highest BCUT2D eigenvalue weighted by Crippen LogP contribution is 2.18. The molecule has 1 atom stereocenters. The van der Waals surface area contributed by atoms with Crippen molar-refractivity contribution in [3.63, 3.8) is 0 Å². The molecular formula is C12H18N4O3S. The SMILES string of the molecule is O=S1(=O)CCC(Nc2ccnc(N3CCOCC3)n2)C1. The fraction of sp³-hybridized carbons (Fsp3) is 0.667. The summed E-state index contributed by atoms with van der Waals surface area (Å²) in [5.74, 6) is 1.79. The first-order valence-corrected chi connectivity index (χ1v) is 8.57. The van der Waals surface area contributed by atoms with Crippen molar-refractivity contribution in [2.45, 2.75) is 12.5 Å². The lowest BCUT2D eigenvalue weighted by Gasteiger charge is -2.27. The maximum atomic E-state index is 11.5. The molecular weight excluding hydrogens is 280 g/mol. The Labute approximate surface area is 118 Å². The standard InChI is InChI=1S/C12H18N4O3S/c17-20(18)8-2-10(9-20)14-11-1-3-13-12(15-11)16-4-6-19-7-5-16/h1,3,10H,2,4-9H2,(H,13,14,15). The summed E-state index contributed by atoms with van der Waals surface area (Å²) in [4.78, 5) is 10.8. The topological polar surface area (TPSA) is 84.4 Å². The van der Waals surface area contributed by atoms with Crippen LogP contribution in [-0.2, 0) is 14.6 Å². The van der Waals surface area contributed by atoms with Crippen molar-refractivity contribution in [2.75, 3.05) is 48.0 Å². The molecule has 0 spiro atoms. The monoisotopic (exact) mass is 298 g/mol. The highest BCUT2D eigenvalue weighted by molar-refractivity contribution is 7.91. The summed E-state index contributed by atoms with van der Waals surface area (Å²) >= 11 is 0. The normalized spacial score (nSPS) is 25.6. The van der Waals surface area contributed by atoms with Crippen molar-refractivity contribution >= 4 is 21.6 Å². The number of aromatic nitrogens is 2. The number of hydrogen-bond acceptors (Lipinski definition) is 7. The predicted octanol–water partition coefficient (Wildman–Crippen LogP) is -0.0878. The third-order valence-corrected chi connectivity index (χ3v) is 5.29. The van der Waals surface area contributed by atoms with Crippen LogP contribution in [0.3, 0.4) is 0 Å². The quantitative estimate of drug-likeness (QED) is 0.835. The lowest BCUT2D eigenvalue weighted by molar-refractivity contribution is 0.122. The van der Waals surface area contributed by atoms with E-state index < -0.39 is 9.84 Å². The average molecular weight is 298 g/mol. The van der Waals surface area contributed by atoms with Gasteiger partial charge in [0.25, 0.3) is 0 Å². The Hall–Kier alpha value is -1.41. The molecule has 7 nitrogen and oxygen atoms in total. The molecule has 3 heterocycles. The number of morpholine rings is 1. The van der Waals surface area contributed by atoms with Gasteiger partial charge in [0.1, 0.15) is 5.82 Å². The first-order valence-electron chi connectivity index (χ1n) is 6.75. The zero-order chi connectivity index (χ0) is 14.0. The van der Waals surface area contributed by atoms with Gasteiger partial charge in [0.15, 0.2) is 9.84 Å². The first-order chi connectivity index (χ1) is 9.62. The highest BCUT2D eigenvalue weighted by atomic mass is 32.2. The molecule has 2 aliphatic heterocycles. The number of nitrogens with zero attached hydrogens (tertiary/aromatic N) is 3. The summed E-state index contributed by atoms with van der Waals surface area (Å²) in [7, 11) is -2.88. The maximum Gasteiger partial charge on any atom is 0.227 e. The third-order valence-electron chi connectivity index (χ3n) is 3.52. The zero-order valence-electron chi connectivity index (χ0n) is 11.2. The lowest BCUT2D eigenvalue weighted by Crippen LogP contribution is -2.37. The molecule has 2 saturated heterocycles. The van der Waals surface area contributed by atoms with Gasteiger partial charge in [-0.1, -0.05) is 0 Å².